The first-order valence-corrected chi connectivity index (χ1v) is 7.49. The third kappa shape index (κ3) is 3.83. The zero-order valence-corrected chi connectivity index (χ0v) is 12.7. The van der Waals surface area contributed by atoms with Gasteiger partial charge in [-0.15, -0.1) is 0 Å². The summed E-state index contributed by atoms with van der Waals surface area (Å²) in [5.41, 5.74) is 1.68. The van der Waals surface area contributed by atoms with Crippen molar-refractivity contribution in [3.8, 4) is 0 Å². The average molecular weight is 275 g/mol. The van der Waals surface area contributed by atoms with E-state index >= 15 is 0 Å². The lowest BCUT2D eigenvalue weighted by Gasteiger charge is -2.32. The predicted octanol–water partition coefficient (Wildman–Crippen LogP) is 3.39. The minimum Gasteiger partial charge on any atom is -0.465 e. The van der Waals surface area contributed by atoms with Gasteiger partial charge < -0.3 is 10.1 Å². The normalized spacial score (nSPS) is 26.2. The van der Waals surface area contributed by atoms with Gasteiger partial charge in [-0.1, -0.05) is 32.0 Å². The van der Waals surface area contributed by atoms with Crippen LogP contribution in [0.1, 0.15) is 49.0 Å². The number of rotatable bonds is 4. The Morgan fingerprint density at radius 2 is 1.85 bits per heavy atom. The van der Waals surface area contributed by atoms with Crippen LogP contribution >= 0.6 is 0 Å². The molecule has 1 aliphatic rings. The lowest BCUT2D eigenvalue weighted by Crippen LogP contribution is -2.36. The van der Waals surface area contributed by atoms with E-state index in [-0.39, 0.29) is 5.97 Å². The van der Waals surface area contributed by atoms with E-state index in [4.69, 9.17) is 4.74 Å². The van der Waals surface area contributed by atoms with E-state index in [1.54, 1.807) is 0 Å². The highest BCUT2D eigenvalue weighted by atomic mass is 16.5. The van der Waals surface area contributed by atoms with E-state index in [0.29, 0.717) is 11.6 Å². The van der Waals surface area contributed by atoms with Crippen molar-refractivity contribution in [1.29, 1.82) is 0 Å². The van der Waals surface area contributed by atoms with Crippen LogP contribution in [0.5, 0.6) is 0 Å². The standard InChI is InChI=1S/C17H25NO2/c1-12-8-13(2)10-15(9-12)18-11-14-6-4-5-7-16(14)17(19)20-3/h4-7,12-13,15,18H,8-11H2,1-3H3. The van der Waals surface area contributed by atoms with E-state index in [1.807, 2.05) is 24.3 Å². The van der Waals surface area contributed by atoms with Crippen molar-refractivity contribution in [3.05, 3.63) is 35.4 Å². The maximum atomic E-state index is 11.7. The fourth-order valence-electron chi connectivity index (χ4n) is 3.35. The molecular weight excluding hydrogens is 250 g/mol. The Hall–Kier alpha value is -1.35. The second kappa shape index (κ2) is 6.89. The molecule has 0 bridgehead atoms. The molecule has 3 heteroatoms. The third-order valence-corrected chi connectivity index (χ3v) is 4.18. The van der Waals surface area contributed by atoms with E-state index in [2.05, 4.69) is 19.2 Å². The van der Waals surface area contributed by atoms with Crippen LogP contribution in [0.4, 0.5) is 0 Å². The lowest BCUT2D eigenvalue weighted by molar-refractivity contribution is 0.0599. The molecule has 1 aliphatic carbocycles. The van der Waals surface area contributed by atoms with Crippen molar-refractivity contribution in [3.63, 3.8) is 0 Å². The molecule has 1 aromatic carbocycles. The van der Waals surface area contributed by atoms with E-state index in [0.717, 1.165) is 23.9 Å². The zero-order chi connectivity index (χ0) is 14.5. The first kappa shape index (κ1) is 15.0. The molecule has 0 spiro atoms. The summed E-state index contributed by atoms with van der Waals surface area (Å²) in [5, 5.41) is 3.61. The zero-order valence-electron chi connectivity index (χ0n) is 12.7. The monoisotopic (exact) mass is 275 g/mol. The summed E-state index contributed by atoms with van der Waals surface area (Å²) in [6, 6.07) is 8.22. The van der Waals surface area contributed by atoms with Gasteiger partial charge >= 0.3 is 5.97 Å². The number of carbonyl (C=O) groups excluding carboxylic acids is 1. The molecule has 1 fully saturated rings. The molecule has 3 nitrogen and oxygen atoms in total. The number of benzene rings is 1. The molecule has 1 aromatic rings. The van der Waals surface area contributed by atoms with E-state index in [1.165, 1.54) is 26.4 Å². The van der Waals surface area contributed by atoms with Gasteiger partial charge in [0.25, 0.3) is 0 Å². The van der Waals surface area contributed by atoms with Gasteiger partial charge in [0.15, 0.2) is 0 Å². The van der Waals surface area contributed by atoms with Crippen molar-refractivity contribution in [1.82, 2.24) is 5.32 Å². The molecule has 0 aromatic heterocycles. The fraction of sp³-hybridized carbons (Fsp3) is 0.588. The first-order valence-electron chi connectivity index (χ1n) is 7.49. The highest BCUT2D eigenvalue weighted by Crippen LogP contribution is 2.28. The lowest BCUT2D eigenvalue weighted by atomic mass is 9.80. The SMILES string of the molecule is COC(=O)c1ccccc1CNC1CC(C)CC(C)C1. The van der Waals surface area contributed by atoms with Gasteiger partial charge in [-0.25, -0.2) is 4.79 Å². The highest BCUT2D eigenvalue weighted by Gasteiger charge is 2.23. The largest absolute Gasteiger partial charge is 0.465 e. The Labute approximate surface area is 121 Å². The van der Waals surface area contributed by atoms with Gasteiger partial charge in [-0.3, -0.25) is 0 Å². The summed E-state index contributed by atoms with van der Waals surface area (Å²) in [5.74, 6) is 1.31. The summed E-state index contributed by atoms with van der Waals surface area (Å²) in [6.07, 6.45) is 3.78. The minimum absolute atomic E-state index is 0.257. The van der Waals surface area contributed by atoms with Crippen LogP contribution in [0.25, 0.3) is 0 Å². The molecule has 0 amide bonds. The number of esters is 1. The minimum atomic E-state index is -0.257. The van der Waals surface area contributed by atoms with Gasteiger partial charge in [0.2, 0.25) is 0 Å². The maximum Gasteiger partial charge on any atom is 0.338 e. The summed E-state index contributed by atoms with van der Waals surface area (Å²) < 4.78 is 4.84. The second-order valence-electron chi connectivity index (χ2n) is 6.14. The topological polar surface area (TPSA) is 38.3 Å². The fourth-order valence-corrected chi connectivity index (χ4v) is 3.35. The number of nitrogens with one attached hydrogen (secondary N) is 1. The van der Waals surface area contributed by atoms with Crippen molar-refractivity contribution in [2.45, 2.75) is 45.7 Å². The van der Waals surface area contributed by atoms with Crippen LogP contribution in [-0.4, -0.2) is 19.1 Å². The van der Waals surface area contributed by atoms with Crippen molar-refractivity contribution >= 4 is 5.97 Å². The molecule has 110 valence electrons. The van der Waals surface area contributed by atoms with Crippen LogP contribution in [0.2, 0.25) is 0 Å². The Kier molecular flexibility index (Phi) is 5.18. The Morgan fingerprint density at radius 1 is 1.20 bits per heavy atom. The molecule has 0 aliphatic heterocycles. The van der Waals surface area contributed by atoms with Crippen molar-refractivity contribution < 1.29 is 9.53 Å². The Balaban J connectivity index is 1.98. The predicted molar refractivity (Wildman–Crippen MR) is 80.6 cm³/mol. The van der Waals surface area contributed by atoms with Crippen LogP contribution in [-0.2, 0) is 11.3 Å². The molecule has 0 saturated heterocycles. The summed E-state index contributed by atoms with van der Waals surface area (Å²) >= 11 is 0. The molecule has 2 unspecified atom stereocenters. The molecule has 1 saturated carbocycles. The Morgan fingerprint density at radius 3 is 2.50 bits per heavy atom. The summed E-state index contributed by atoms with van der Waals surface area (Å²) in [7, 11) is 1.43. The third-order valence-electron chi connectivity index (χ3n) is 4.18. The highest BCUT2D eigenvalue weighted by molar-refractivity contribution is 5.90. The molecule has 0 heterocycles. The number of hydrogen-bond donors (Lipinski definition) is 1. The summed E-state index contributed by atoms with van der Waals surface area (Å²) in [6.45, 7) is 5.38. The van der Waals surface area contributed by atoms with Crippen molar-refractivity contribution in [2.24, 2.45) is 11.8 Å². The van der Waals surface area contributed by atoms with Crippen LogP contribution in [0, 0.1) is 11.8 Å². The number of carbonyl (C=O) groups is 1. The van der Waals surface area contributed by atoms with Gasteiger partial charge in [-0.2, -0.15) is 0 Å². The molecule has 0 radical (unpaired) electrons. The van der Waals surface area contributed by atoms with Crippen LogP contribution in [0.15, 0.2) is 24.3 Å². The van der Waals surface area contributed by atoms with E-state index in [9.17, 15) is 4.79 Å². The molecule has 2 rings (SSSR count). The first-order chi connectivity index (χ1) is 9.60. The summed E-state index contributed by atoms with van der Waals surface area (Å²) in [4.78, 5) is 11.7. The van der Waals surface area contributed by atoms with Gasteiger partial charge in [0, 0.05) is 12.6 Å². The Bertz CT molecular complexity index is 448. The van der Waals surface area contributed by atoms with E-state index < -0.39 is 0 Å². The van der Waals surface area contributed by atoms with Crippen LogP contribution in [0.3, 0.4) is 0 Å². The van der Waals surface area contributed by atoms with Gasteiger partial charge in [0.1, 0.15) is 0 Å². The molecular formula is C17H25NO2. The number of ether oxygens (including phenoxy) is 1. The van der Waals surface area contributed by atoms with Crippen molar-refractivity contribution in [2.75, 3.05) is 7.11 Å². The van der Waals surface area contributed by atoms with Crippen LogP contribution < -0.4 is 5.32 Å². The second-order valence-corrected chi connectivity index (χ2v) is 6.14. The quantitative estimate of drug-likeness (QED) is 0.856. The van der Waals surface area contributed by atoms with Gasteiger partial charge in [-0.05, 0) is 42.7 Å². The molecule has 2 atom stereocenters. The number of methoxy groups -OCH3 is 1. The van der Waals surface area contributed by atoms with Gasteiger partial charge in [0.05, 0.1) is 12.7 Å². The molecule has 20 heavy (non-hydrogen) atoms. The average Bonchev–Trinajstić information content (AvgIpc) is 2.43. The maximum absolute atomic E-state index is 11.7. The number of hydrogen-bond acceptors (Lipinski definition) is 3. The smallest absolute Gasteiger partial charge is 0.338 e. The molecule has 1 N–H and O–H groups in total.